The van der Waals surface area contributed by atoms with E-state index in [2.05, 4.69) is 36.5 Å². The van der Waals surface area contributed by atoms with Gasteiger partial charge in [-0.1, -0.05) is 25.7 Å². The summed E-state index contributed by atoms with van der Waals surface area (Å²) in [6.07, 6.45) is 0. The van der Waals surface area contributed by atoms with Crippen LogP contribution in [0.15, 0.2) is 18.2 Å². The quantitative estimate of drug-likeness (QED) is 0.484. The Hall–Kier alpha value is -1.24. The van der Waals surface area contributed by atoms with Crippen molar-refractivity contribution in [1.82, 2.24) is 9.80 Å². The minimum Gasteiger partial charge on any atom is -0.304 e. The Morgan fingerprint density at radius 3 is 2.33 bits per heavy atom. The summed E-state index contributed by atoms with van der Waals surface area (Å²) in [7, 11) is 0.555. The summed E-state index contributed by atoms with van der Waals surface area (Å²) in [6, 6.07) is 5.41. The monoisotopic (exact) mass is 307 g/mol. The summed E-state index contributed by atoms with van der Waals surface area (Å²) < 4.78 is 0. The van der Waals surface area contributed by atoms with Gasteiger partial charge in [-0.3, -0.25) is 15.0 Å². The summed E-state index contributed by atoms with van der Waals surface area (Å²) >= 11 is 0. The summed E-state index contributed by atoms with van der Waals surface area (Å²) in [5, 5.41) is 12.2. The first-order valence-corrected chi connectivity index (χ1v) is 11.0. The lowest BCUT2D eigenvalue weighted by molar-refractivity contribution is -0.384. The van der Waals surface area contributed by atoms with Gasteiger partial charge in [-0.2, -0.15) is 0 Å². The van der Waals surface area contributed by atoms with Gasteiger partial charge in [0.1, 0.15) is 0 Å². The molecule has 0 spiro atoms. The lowest BCUT2D eigenvalue weighted by Gasteiger charge is -2.33. The summed E-state index contributed by atoms with van der Waals surface area (Å²) in [5.74, 6) is 0. The zero-order valence-corrected chi connectivity index (χ0v) is 14.4. The van der Waals surface area contributed by atoms with E-state index in [1.54, 1.807) is 12.1 Å². The highest BCUT2D eigenvalue weighted by Gasteiger charge is 2.24. The molecule has 1 aliphatic rings. The van der Waals surface area contributed by atoms with E-state index < -0.39 is 8.07 Å². The van der Waals surface area contributed by atoms with Crippen molar-refractivity contribution < 1.29 is 4.92 Å². The molecule has 1 aliphatic heterocycles. The summed E-state index contributed by atoms with van der Waals surface area (Å²) in [5.41, 5.74) is 1.49. The third kappa shape index (κ3) is 4.12. The van der Waals surface area contributed by atoms with Crippen molar-refractivity contribution in [1.29, 1.82) is 0 Å². The molecule has 1 aromatic rings. The number of nitro benzene ring substituents is 1. The van der Waals surface area contributed by atoms with E-state index in [1.165, 1.54) is 10.8 Å². The second-order valence-electron chi connectivity index (χ2n) is 6.93. The van der Waals surface area contributed by atoms with Crippen LogP contribution in [0.1, 0.15) is 5.56 Å². The molecule has 5 nitrogen and oxygen atoms in total. The Labute approximate surface area is 127 Å². The molecule has 21 heavy (non-hydrogen) atoms. The molecule has 0 atom stereocenters. The van der Waals surface area contributed by atoms with Crippen LogP contribution in [0.25, 0.3) is 0 Å². The number of likely N-dealkylation sites (N-methyl/N-ethyl adjacent to an activating group) is 1. The molecule has 0 aliphatic carbocycles. The van der Waals surface area contributed by atoms with Gasteiger partial charge in [0, 0.05) is 44.9 Å². The fourth-order valence-corrected chi connectivity index (χ4v) is 4.47. The van der Waals surface area contributed by atoms with E-state index in [0.717, 1.165) is 32.7 Å². The molecule has 6 heteroatoms. The number of nitro groups is 1. The SMILES string of the molecule is CN1CCN(Cc2ccc([N+](=O)[O-])cc2[Si](C)(C)C)CC1. The second-order valence-corrected chi connectivity index (χ2v) is 12.0. The number of rotatable bonds is 4. The maximum Gasteiger partial charge on any atom is 0.269 e. The largest absolute Gasteiger partial charge is 0.304 e. The number of hydrogen-bond donors (Lipinski definition) is 0. The standard InChI is InChI=1S/C15H25N3O2Si/c1-16-7-9-17(10-8-16)12-13-5-6-14(18(19)20)11-15(13)21(2,3)4/h5-6,11H,7-10,12H2,1-4H3. The van der Waals surface area contributed by atoms with Gasteiger partial charge in [0.25, 0.3) is 5.69 Å². The molecule has 0 bridgehead atoms. The van der Waals surface area contributed by atoms with E-state index in [9.17, 15) is 10.1 Å². The van der Waals surface area contributed by atoms with Crippen LogP contribution in [0.3, 0.4) is 0 Å². The Balaban J connectivity index is 2.24. The third-order valence-corrected chi connectivity index (χ3v) is 6.18. The molecule has 0 N–H and O–H groups in total. The zero-order valence-electron chi connectivity index (χ0n) is 13.4. The molecule has 2 rings (SSSR count). The van der Waals surface area contributed by atoms with Crippen LogP contribution in [0.4, 0.5) is 5.69 Å². The van der Waals surface area contributed by atoms with Crippen LogP contribution < -0.4 is 5.19 Å². The Bertz CT molecular complexity index is 520. The number of piperazine rings is 1. The average molecular weight is 307 g/mol. The Morgan fingerprint density at radius 2 is 1.81 bits per heavy atom. The van der Waals surface area contributed by atoms with Gasteiger partial charge in [-0.25, -0.2) is 0 Å². The molecule has 0 aromatic heterocycles. The minimum absolute atomic E-state index is 0.217. The molecule has 1 fully saturated rings. The first-order chi connectivity index (χ1) is 9.77. The molecule has 1 saturated heterocycles. The highest BCUT2D eigenvalue weighted by molar-refractivity contribution is 6.89. The lowest BCUT2D eigenvalue weighted by atomic mass is 10.1. The van der Waals surface area contributed by atoms with E-state index in [1.807, 2.05) is 6.07 Å². The molecular formula is C15H25N3O2Si. The summed E-state index contributed by atoms with van der Waals surface area (Å²) in [6.45, 7) is 12.0. The van der Waals surface area contributed by atoms with Gasteiger partial charge in [-0.05, 0) is 17.8 Å². The molecule has 1 aromatic carbocycles. The molecular weight excluding hydrogens is 282 g/mol. The van der Waals surface area contributed by atoms with Crippen molar-refractivity contribution in [3.05, 3.63) is 33.9 Å². The van der Waals surface area contributed by atoms with Gasteiger partial charge < -0.3 is 4.90 Å². The van der Waals surface area contributed by atoms with E-state index in [-0.39, 0.29) is 10.6 Å². The predicted molar refractivity (Wildman–Crippen MR) is 88.9 cm³/mol. The molecule has 0 unspecified atom stereocenters. The summed E-state index contributed by atoms with van der Waals surface area (Å²) in [4.78, 5) is 15.5. The fourth-order valence-electron chi connectivity index (χ4n) is 2.76. The van der Waals surface area contributed by atoms with Crippen LogP contribution in [-0.2, 0) is 6.54 Å². The van der Waals surface area contributed by atoms with Crippen molar-refractivity contribution in [2.75, 3.05) is 33.2 Å². The van der Waals surface area contributed by atoms with E-state index >= 15 is 0 Å². The van der Waals surface area contributed by atoms with Crippen LogP contribution in [-0.4, -0.2) is 56.0 Å². The predicted octanol–water partition coefficient (Wildman–Crippen LogP) is 1.89. The molecule has 0 radical (unpaired) electrons. The molecule has 116 valence electrons. The van der Waals surface area contributed by atoms with Crippen molar-refractivity contribution >= 4 is 18.9 Å². The van der Waals surface area contributed by atoms with Gasteiger partial charge in [0.05, 0.1) is 13.0 Å². The van der Waals surface area contributed by atoms with Crippen LogP contribution in [0, 0.1) is 10.1 Å². The number of benzene rings is 1. The second kappa shape index (κ2) is 6.25. The van der Waals surface area contributed by atoms with E-state index in [0.29, 0.717) is 0 Å². The maximum absolute atomic E-state index is 11.0. The Morgan fingerprint density at radius 1 is 1.19 bits per heavy atom. The molecule has 1 heterocycles. The maximum atomic E-state index is 11.0. The number of non-ortho nitro benzene ring substituents is 1. The topological polar surface area (TPSA) is 49.6 Å². The number of nitrogens with zero attached hydrogens (tertiary/aromatic N) is 3. The molecule has 0 saturated carbocycles. The first-order valence-electron chi connectivity index (χ1n) is 7.46. The normalized spacial score (nSPS) is 17.9. The average Bonchev–Trinajstić information content (AvgIpc) is 2.40. The fraction of sp³-hybridized carbons (Fsp3) is 0.600. The highest BCUT2D eigenvalue weighted by atomic mass is 28.3. The van der Waals surface area contributed by atoms with Gasteiger partial charge in [-0.15, -0.1) is 0 Å². The van der Waals surface area contributed by atoms with Crippen molar-refractivity contribution in [2.24, 2.45) is 0 Å². The van der Waals surface area contributed by atoms with Crippen molar-refractivity contribution in [2.45, 2.75) is 26.2 Å². The van der Waals surface area contributed by atoms with Gasteiger partial charge in [0.2, 0.25) is 0 Å². The van der Waals surface area contributed by atoms with E-state index in [4.69, 9.17) is 0 Å². The smallest absolute Gasteiger partial charge is 0.269 e. The Kier molecular flexibility index (Phi) is 4.80. The third-order valence-electron chi connectivity index (χ3n) is 4.10. The zero-order chi connectivity index (χ0) is 15.6. The molecule has 0 amide bonds. The first kappa shape index (κ1) is 16.1. The van der Waals surface area contributed by atoms with Crippen molar-refractivity contribution in [3.8, 4) is 0 Å². The van der Waals surface area contributed by atoms with Crippen molar-refractivity contribution in [3.63, 3.8) is 0 Å². The lowest BCUT2D eigenvalue weighted by Crippen LogP contribution is -2.46. The highest BCUT2D eigenvalue weighted by Crippen LogP contribution is 2.17. The van der Waals surface area contributed by atoms with Gasteiger partial charge in [0.15, 0.2) is 0 Å². The van der Waals surface area contributed by atoms with Crippen LogP contribution >= 0.6 is 0 Å². The minimum atomic E-state index is -1.59. The number of hydrogen-bond acceptors (Lipinski definition) is 4. The van der Waals surface area contributed by atoms with Crippen LogP contribution in [0.5, 0.6) is 0 Å². The van der Waals surface area contributed by atoms with Crippen LogP contribution in [0.2, 0.25) is 19.6 Å². The van der Waals surface area contributed by atoms with Gasteiger partial charge >= 0.3 is 0 Å².